The monoisotopic (exact) mass is 451 g/mol. The highest BCUT2D eigenvalue weighted by molar-refractivity contribution is 6.15. The fraction of sp³-hybridized carbons (Fsp3) is 0.640. The van der Waals surface area contributed by atoms with E-state index in [2.05, 4.69) is 32.6 Å². The molecule has 6 rings (SSSR count). The first-order valence-corrected chi connectivity index (χ1v) is 12.5. The molecule has 8 heteroatoms. The summed E-state index contributed by atoms with van der Waals surface area (Å²) in [4.78, 5) is 44.3. The van der Waals surface area contributed by atoms with Gasteiger partial charge in [-0.1, -0.05) is 0 Å². The van der Waals surface area contributed by atoms with E-state index >= 15 is 0 Å². The topological polar surface area (TPSA) is 85.0 Å². The van der Waals surface area contributed by atoms with Crippen molar-refractivity contribution in [3.8, 4) is 0 Å². The molecular weight excluding hydrogens is 418 g/mol. The first-order valence-electron chi connectivity index (χ1n) is 12.5. The minimum atomic E-state index is -0.585. The van der Waals surface area contributed by atoms with Gasteiger partial charge in [-0.2, -0.15) is 0 Å². The average Bonchev–Trinajstić information content (AvgIpc) is 3.60. The number of piperidine rings is 2. The molecule has 3 saturated heterocycles. The fourth-order valence-corrected chi connectivity index (χ4v) is 6.23. The predicted molar refractivity (Wildman–Crippen MR) is 125 cm³/mol. The molecule has 5 aliphatic rings. The minimum absolute atomic E-state index is 0.0379. The Balaban J connectivity index is 1.18. The number of carbonyl (C=O) groups excluding carboxylic acids is 3. The first-order chi connectivity index (χ1) is 16.0. The Morgan fingerprint density at radius 3 is 2.42 bits per heavy atom. The lowest BCUT2D eigenvalue weighted by atomic mass is 9.96. The number of hydrogen-bond donors (Lipinski definition) is 2. The van der Waals surface area contributed by atoms with Crippen molar-refractivity contribution in [2.75, 3.05) is 55.6 Å². The first kappa shape index (κ1) is 21.1. The van der Waals surface area contributed by atoms with Gasteiger partial charge in [-0.3, -0.25) is 29.5 Å². The second-order valence-electron chi connectivity index (χ2n) is 10.4. The molecule has 1 aromatic rings. The van der Waals surface area contributed by atoms with E-state index in [1.165, 1.54) is 25.1 Å². The Kier molecular flexibility index (Phi) is 5.18. The molecule has 4 aliphatic heterocycles. The number of piperazine rings is 1. The highest BCUT2D eigenvalue weighted by Crippen LogP contribution is 2.58. The van der Waals surface area contributed by atoms with Crippen LogP contribution in [-0.2, 0) is 19.8 Å². The Labute approximate surface area is 194 Å². The summed E-state index contributed by atoms with van der Waals surface area (Å²) >= 11 is 0. The van der Waals surface area contributed by atoms with Crippen molar-refractivity contribution in [3.05, 3.63) is 23.8 Å². The van der Waals surface area contributed by atoms with Gasteiger partial charge in [0, 0.05) is 50.5 Å². The van der Waals surface area contributed by atoms with Gasteiger partial charge < -0.3 is 10.2 Å². The molecule has 1 spiro atoms. The van der Waals surface area contributed by atoms with Gasteiger partial charge in [-0.25, -0.2) is 0 Å². The van der Waals surface area contributed by atoms with Crippen molar-refractivity contribution >= 4 is 29.1 Å². The van der Waals surface area contributed by atoms with Crippen LogP contribution in [0.2, 0.25) is 0 Å². The third kappa shape index (κ3) is 3.64. The van der Waals surface area contributed by atoms with Gasteiger partial charge in [0.1, 0.15) is 6.04 Å². The van der Waals surface area contributed by atoms with Crippen LogP contribution in [0.1, 0.15) is 44.1 Å². The molecule has 1 atom stereocenters. The largest absolute Gasteiger partial charge is 0.369 e. The standard InChI is InChI=1S/C25H33N5O3/c31-22-4-3-21(23(32)27-22)30-20-2-1-18(15-19(20)25(7-8-25)24(30)33)29-13-11-28(12-14-29)16-17-5-9-26-10-6-17/h1-2,15,17,21,26H,3-14,16H2,(H,27,31,32). The van der Waals surface area contributed by atoms with E-state index in [0.29, 0.717) is 6.42 Å². The Hall–Kier alpha value is -2.45. The molecule has 1 unspecified atom stereocenters. The van der Waals surface area contributed by atoms with E-state index < -0.39 is 11.5 Å². The van der Waals surface area contributed by atoms with Crippen LogP contribution in [0.25, 0.3) is 0 Å². The SMILES string of the molecule is O=C1CCC(N2C(=O)C3(CC3)c3cc(N4CCN(CC5CCNCC5)CC4)ccc32)C(=O)N1. The molecule has 1 aliphatic carbocycles. The molecule has 0 aromatic heterocycles. The van der Waals surface area contributed by atoms with Crippen LogP contribution in [0.15, 0.2) is 18.2 Å². The van der Waals surface area contributed by atoms with E-state index in [1.54, 1.807) is 4.90 Å². The van der Waals surface area contributed by atoms with Gasteiger partial charge in [0.25, 0.3) is 0 Å². The average molecular weight is 452 g/mol. The number of rotatable bonds is 4. The fourth-order valence-electron chi connectivity index (χ4n) is 6.23. The lowest BCUT2D eigenvalue weighted by Crippen LogP contribution is -2.54. The maximum absolute atomic E-state index is 13.4. The molecular formula is C25H33N5O3. The van der Waals surface area contributed by atoms with Crippen molar-refractivity contribution in [2.24, 2.45) is 5.92 Å². The van der Waals surface area contributed by atoms with Gasteiger partial charge in [-0.15, -0.1) is 0 Å². The number of fused-ring (bicyclic) bond motifs is 2. The van der Waals surface area contributed by atoms with Gasteiger partial charge >= 0.3 is 0 Å². The van der Waals surface area contributed by atoms with Gasteiger partial charge in [0.15, 0.2) is 0 Å². The summed E-state index contributed by atoms with van der Waals surface area (Å²) in [6, 6.07) is 5.75. The van der Waals surface area contributed by atoms with E-state index in [9.17, 15) is 14.4 Å². The quantitative estimate of drug-likeness (QED) is 0.665. The molecule has 1 saturated carbocycles. The highest BCUT2D eigenvalue weighted by atomic mass is 16.2. The summed E-state index contributed by atoms with van der Waals surface area (Å²) in [5, 5.41) is 5.87. The van der Waals surface area contributed by atoms with Crippen molar-refractivity contribution in [3.63, 3.8) is 0 Å². The Bertz CT molecular complexity index is 976. The molecule has 4 fully saturated rings. The minimum Gasteiger partial charge on any atom is -0.369 e. The van der Waals surface area contributed by atoms with Crippen molar-refractivity contribution < 1.29 is 14.4 Å². The van der Waals surface area contributed by atoms with Crippen LogP contribution in [-0.4, -0.2) is 74.5 Å². The predicted octanol–water partition coefficient (Wildman–Crippen LogP) is 0.992. The zero-order chi connectivity index (χ0) is 22.6. The second kappa shape index (κ2) is 8.09. The highest BCUT2D eigenvalue weighted by Gasteiger charge is 2.61. The molecule has 176 valence electrons. The summed E-state index contributed by atoms with van der Waals surface area (Å²) < 4.78 is 0. The zero-order valence-corrected chi connectivity index (χ0v) is 19.1. The Morgan fingerprint density at radius 1 is 0.970 bits per heavy atom. The van der Waals surface area contributed by atoms with E-state index in [0.717, 1.165) is 69.3 Å². The molecule has 33 heavy (non-hydrogen) atoms. The number of imide groups is 1. The summed E-state index contributed by atoms with van der Waals surface area (Å²) in [7, 11) is 0. The summed E-state index contributed by atoms with van der Waals surface area (Å²) in [5.74, 6) is 0.254. The summed E-state index contributed by atoms with van der Waals surface area (Å²) in [6.45, 7) is 7.66. The molecule has 2 N–H and O–H groups in total. The number of hydrogen-bond acceptors (Lipinski definition) is 6. The maximum atomic E-state index is 13.4. The third-order valence-electron chi connectivity index (χ3n) is 8.37. The van der Waals surface area contributed by atoms with Crippen LogP contribution in [0.5, 0.6) is 0 Å². The van der Waals surface area contributed by atoms with Crippen LogP contribution >= 0.6 is 0 Å². The van der Waals surface area contributed by atoms with Crippen molar-refractivity contribution in [2.45, 2.75) is 50.0 Å². The van der Waals surface area contributed by atoms with Crippen LogP contribution in [0.3, 0.4) is 0 Å². The van der Waals surface area contributed by atoms with E-state index in [-0.39, 0.29) is 24.1 Å². The Morgan fingerprint density at radius 2 is 1.73 bits per heavy atom. The molecule has 3 amide bonds. The smallest absolute Gasteiger partial charge is 0.249 e. The number of nitrogens with one attached hydrogen (secondary N) is 2. The molecule has 1 aromatic carbocycles. The van der Waals surface area contributed by atoms with E-state index in [1.807, 2.05) is 6.07 Å². The molecule has 8 nitrogen and oxygen atoms in total. The van der Waals surface area contributed by atoms with Gasteiger partial charge in [-0.05, 0) is 74.9 Å². The maximum Gasteiger partial charge on any atom is 0.249 e. The van der Waals surface area contributed by atoms with Crippen LogP contribution in [0, 0.1) is 5.92 Å². The number of amides is 3. The number of benzene rings is 1. The third-order valence-corrected chi connectivity index (χ3v) is 8.37. The van der Waals surface area contributed by atoms with E-state index in [4.69, 9.17) is 0 Å². The number of nitrogens with zero attached hydrogens (tertiary/aromatic N) is 3. The second-order valence-corrected chi connectivity index (χ2v) is 10.4. The van der Waals surface area contributed by atoms with Crippen LogP contribution in [0.4, 0.5) is 11.4 Å². The normalized spacial score (nSPS) is 27.8. The van der Waals surface area contributed by atoms with Crippen LogP contribution < -0.4 is 20.4 Å². The molecule has 4 heterocycles. The zero-order valence-electron chi connectivity index (χ0n) is 19.1. The van der Waals surface area contributed by atoms with Crippen molar-refractivity contribution in [1.82, 2.24) is 15.5 Å². The summed E-state index contributed by atoms with van der Waals surface area (Å²) in [5.41, 5.74) is 2.66. The number of carbonyl (C=O) groups is 3. The van der Waals surface area contributed by atoms with Crippen molar-refractivity contribution in [1.29, 1.82) is 0 Å². The van der Waals surface area contributed by atoms with Gasteiger partial charge in [0.2, 0.25) is 17.7 Å². The molecule has 0 radical (unpaired) electrons. The summed E-state index contributed by atoms with van der Waals surface area (Å²) in [6.07, 6.45) is 4.93. The van der Waals surface area contributed by atoms with Gasteiger partial charge in [0.05, 0.1) is 5.41 Å². The lowest BCUT2D eigenvalue weighted by molar-refractivity contribution is -0.135. The molecule has 0 bridgehead atoms. The number of anilines is 2. The lowest BCUT2D eigenvalue weighted by Gasteiger charge is -2.38.